The van der Waals surface area contributed by atoms with Crippen LogP contribution in [-0.4, -0.2) is 54.0 Å². The van der Waals surface area contributed by atoms with Crippen LogP contribution in [0.25, 0.3) is 0 Å². The number of hydrogen-bond acceptors (Lipinski definition) is 8. The summed E-state index contributed by atoms with van der Waals surface area (Å²) in [5.74, 6) is -0.208. The summed E-state index contributed by atoms with van der Waals surface area (Å²) in [7, 11) is -3.30. The molecule has 168 valence electrons. The maximum Gasteiger partial charge on any atom is 0.284 e. The summed E-state index contributed by atoms with van der Waals surface area (Å²) in [5.41, 5.74) is 0.963. The van der Waals surface area contributed by atoms with E-state index in [1.54, 1.807) is 24.0 Å². The first kappa shape index (κ1) is 23.6. The van der Waals surface area contributed by atoms with Crippen LogP contribution in [0, 0.1) is 17.0 Å². The van der Waals surface area contributed by atoms with Crippen LogP contribution in [0.5, 0.6) is 0 Å². The van der Waals surface area contributed by atoms with Crippen molar-refractivity contribution in [3.05, 3.63) is 45.0 Å². The van der Waals surface area contributed by atoms with E-state index in [0.29, 0.717) is 41.6 Å². The zero-order chi connectivity index (χ0) is 22.6. The van der Waals surface area contributed by atoms with Gasteiger partial charge in [0.05, 0.1) is 15.6 Å². The Morgan fingerprint density at radius 3 is 2.68 bits per heavy atom. The average molecular weight is 485 g/mol. The van der Waals surface area contributed by atoms with Crippen LogP contribution >= 0.6 is 23.1 Å². The summed E-state index contributed by atoms with van der Waals surface area (Å²) >= 11 is 2.61. The summed E-state index contributed by atoms with van der Waals surface area (Å²) in [5, 5.41) is 13.5. The molecule has 0 spiro atoms. The maximum atomic E-state index is 12.9. The number of nitro benzene ring substituents is 1. The third-order valence-electron chi connectivity index (χ3n) is 4.80. The second-order valence-corrected chi connectivity index (χ2v) is 11.3. The molecule has 1 aliphatic heterocycles. The van der Waals surface area contributed by atoms with Gasteiger partial charge in [0, 0.05) is 41.8 Å². The summed E-state index contributed by atoms with van der Waals surface area (Å²) in [6.07, 6.45) is 1.56. The first-order valence-electron chi connectivity index (χ1n) is 9.86. The Bertz CT molecular complexity index is 1060. The van der Waals surface area contributed by atoms with Crippen LogP contribution in [0.15, 0.2) is 32.8 Å². The van der Waals surface area contributed by atoms with Crippen LogP contribution in [0.2, 0.25) is 0 Å². The van der Waals surface area contributed by atoms with Crippen molar-refractivity contribution in [2.24, 2.45) is 0 Å². The van der Waals surface area contributed by atoms with Crippen molar-refractivity contribution in [1.82, 2.24) is 14.6 Å². The molecule has 0 saturated carbocycles. The Balaban J connectivity index is 1.68. The van der Waals surface area contributed by atoms with Crippen LogP contribution in [0.4, 0.5) is 5.69 Å². The van der Waals surface area contributed by atoms with E-state index in [-0.39, 0.29) is 29.0 Å². The topological polar surface area (TPSA) is 123 Å². The molecule has 1 fully saturated rings. The van der Waals surface area contributed by atoms with E-state index in [9.17, 15) is 23.3 Å². The highest BCUT2D eigenvalue weighted by molar-refractivity contribution is 8.01. The van der Waals surface area contributed by atoms with Gasteiger partial charge < -0.3 is 4.90 Å². The Morgan fingerprint density at radius 2 is 2.10 bits per heavy atom. The number of hydrogen-bond donors (Lipinski definition) is 1. The van der Waals surface area contributed by atoms with E-state index in [1.807, 2.05) is 12.3 Å². The number of nitrogens with one attached hydrogen (secondary N) is 1. The fourth-order valence-electron chi connectivity index (χ4n) is 3.32. The van der Waals surface area contributed by atoms with Crippen molar-refractivity contribution in [3.8, 4) is 0 Å². The molecule has 1 aromatic carbocycles. The molecule has 31 heavy (non-hydrogen) atoms. The number of amides is 1. The van der Waals surface area contributed by atoms with E-state index >= 15 is 0 Å². The molecule has 3 rings (SSSR count). The Morgan fingerprint density at radius 1 is 1.39 bits per heavy atom. The average Bonchev–Trinajstić information content (AvgIpc) is 3.12. The Labute approximate surface area is 189 Å². The van der Waals surface area contributed by atoms with Gasteiger partial charge in [-0.15, -0.1) is 11.3 Å². The number of nitrogens with zero attached hydrogens (tertiary/aromatic N) is 3. The van der Waals surface area contributed by atoms with Gasteiger partial charge in [-0.3, -0.25) is 14.9 Å². The van der Waals surface area contributed by atoms with Gasteiger partial charge in [-0.05, 0) is 38.3 Å². The largest absolute Gasteiger partial charge is 0.339 e. The minimum atomic E-state index is -3.30. The number of carbonyl (C=O) groups is 1. The van der Waals surface area contributed by atoms with Crippen LogP contribution in [0.1, 0.15) is 42.2 Å². The van der Waals surface area contributed by atoms with E-state index < -0.39 is 14.9 Å². The number of likely N-dealkylation sites (tertiary alicyclic amines) is 1. The lowest BCUT2D eigenvalue weighted by Gasteiger charge is -2.32. The van der Waals surface area contributed by atoms with Gasteiger partial charge in [0.25, 0.3) is 11.6 Å². The predicted octanol–water partition coefficient (Wildman–Crippen LogP) is 3.44. The lowest BCUT2D eigenvalue weighted by molar-refractivity contribution is -0.387. The van der Waals surface area contributed by atoms with Crippen molar-refractivity contribution in [2.45, 2.75) is 48.4 Å². The molecule has 9 nitrogen and oxygen atoms in total. The number of rotatable bonds is 8. The molecule has 0 aliphatic carbocycles. The van der Waals surface area contributed by atoms with Crippen LogP contribution < -0.4 is 4.72 Å². The van der Waals surface area contributed by atoms with E-state index in [0.717, 1.165) is 5.69 Å². The molecular weight excluding hydrogens is 460 g/mol. The predicted molar refractivity (Wildman–Crippen MR) is 120 cm³/mol. The standard InChI is InChI=1S/C19H24N4O5S3/c1-3-10-31(27,28)21-15-6-8-22(9-7-15)18(24)14-4-5-17(16(11-14)23(25)26)30-19-20-13(2)12-29-19/h4-5,11-12,15,21H,3,6-10H2,1-2H3. The van der Waals surface area contributed by atoms with Crippen molar-refractivity contribution >= 4 is 44.7 Å². The highest BCUT2D eigenvalue weighted by Gasteiger charge is 2.27. The number of aryl methyl sites for hydroxylation is 1. The molecule has 2 heterocycles. The first-order chi connectivity index (χ1) is 14.7. The summed E-state index contributed by atoms with van der Waals surface area (Å²) < 4.78 is 27.3. The zero-order valence-corrected chi connectivity index (χ0v) is 19.7. The van der Waals surface area contributed by atoms with Gasteiger partial charge in [0.15, 0.2) is 4.34 Å². The number of thiazole rings is 1. The van der Waals surface area contributed by atoms with Gasteiger partial charge in [0.2, 0.25) is 10.0 Å². The van der Waals surface area contributed by atoms with Gasteiger partial charge in [0.1, 0.15) is 0 Å². The number of sulfonamides is 1. The smallest absolute Gasteiger partial charge is 0.284 e. The third-order valence-corrected chi connectivity index (χ3v) is 8.56. The number of nitro groups is 1. The quantitative estimate of drug-likeness (QED) is 0.450. The van der Waals surface area contributed by atoms with Crippen molar-refractivity contribution in [3.63, 3.8) is 0 Å². The highest BCUT2D eigenvalue weighted by atomic mass is 32.2. The van der Waals surface area contributed by atoms with Gasteiger partial charge in [-0.2, -0.15) is 0 Å². The van der Waals surface area contributed by atoms with Gasteiger partial charge in [-0.25, -0.2) is 18.1 Å². The molecule has 0 atom stereocenters. The SMILES string of the molecule is CCCS(=O)(=O)NC1CCN(C(=O)c2ccc(Sc3nc(C)cs3)c([N+](=O)[O-])c2)CC1. The molecule has 1 aromatic heterocycles. The lowest BCUT2D eigenvalue weighted by atomic mass is 10.0. The number of aromatic nitrogens is 1. The number of piperidine rings is 1. The van der Waals surface area contributed by atoms with Crippen LogP contribution in [-0.2, 0) is 10.0 Å². The molecule has 0 radical (unpaired) electrons. The van der Waals surface area contributed by atoms with Gasteiger partial charge >= 0.3 is 0 Å². The molecule has 2 aromatic rings. The van der Waals surface area contributed by atoms with Gasteiger partial charge in [-0.1, -0.05) is 18.7 Å². The molecule has 1 N–H and O–H groups in total. The third kappa shape index (κ3) is 6.25. The second kappa shape index (κ2) is 10.1. The van der Waals surface area contributed by atoms with Crippen molar-refractivity contribution < 1.29 is 18.1 Å². The first-order valence-corrected chi connectivity index (χ1v) is 13.2. The number of benzene rings is 1. The fraction of sp³-hybridized carbons (Fsp3) is 0.474. The monoisotopic (exact) mass is 484 g/mol. The minimum absolute atomic E-state index is 0.0841. The zero-order valence-electron chi connectivity index (χ0n) is 17.2. The molecule has 0 unspecified atom stereocenters. The van der Waals surface area contributed by atoms with E-state index in [2.05, 4.69) is 9.71 Å². The molecule has 0 bridgehead atoms. The van der Waals surface area contributed by atoms with Crippen molar-refractivity contribution in [2.75, 3.05) is 18.8 Å². The lowest BCUT2D eigenvalue weighted by Crippen LogP contribution is -2.47. The molecular formula is C19H24N4O5S3. The summed E-state index contributed by atoms with van der Waals surface area (Å²) in [4.78, 5) is 30.3. The Kier molecular flexibility index (Phi) is 7.68. The molecule has 1 saturated heterocycles. The normalized spacial score (nSPS) is 15.2. The molecule has 1 amide bonds. The highest BCUT2D eigenvalue weighted by Crippen LogP contribution is 2.37. The van der Waals surface area contributed by atoms with Crippen LogP contribution in [0.3, 0.4) is 0 Å². The van der Waals surface area contributed by atoms with E-state index in [4.69, 9.17) is 0 Å². The van der Waals surface area contributed by atoms with Crippen molar-refractivity contribution in [1.29, 1.82) is 0 Å². The maximum absolute atomic E-state index is 12.9. The molecule has 12 heteroatoms. The fourth-order valence-corrected chi connectivity index (χ4v) is 6.59. The minimum Gasteiger partial charge on any atom is -0.339 e. The van der Waals surface area contributed by atoms with E-state index in [1.165, 1.54) is 29.2 Å². The second-order valence-electron chi connectivity index (χ2n) is 7.30. The Hall–Kier alpha value is -2.02. The summed E-state index contributed by atoms with van der Waals surface area (Å²) in [6, 6.07) is 4.28. The molecule has 1 aliphatic rings. The number of carbonyl (C=O) groups excluding carboxylic acids is 1. The summed E-state index contributed by atoms with van der Waals surface area (Å²) in [6.45, 7) is 4.44.